The molecule has 1 aliphatic carbocycles. The highest BCUT2D eigenvalue weighted by Crippen LogP contribution is 2.39. The van der Waals surface area contributed by atoms with Crippen LogP contribution in [0.3, 0.4) is 0 Å². The third-order valence-electron chi connectivity index (χ3n) is 3.57. The van der Waals surface area contributed by atoms with Gasteiger partial charge in [-0.15, -0.1) is 0 Å². The summed E-state index contributed by atoms with van der Waals surface area (Å²) in [5, 5.41) is 0. The van der Waals surface area contributed by atoms with Crippen LogP contribution >= 0.6 is 0 Å². The molecular weight excluding hydrogens is 263 g/mol. The van der Waals surface area contributed by atoms with E-state index in [1.165, 1.54) is 18.2 Å². The smallest absolute Gasteiger partial charge is 0.337 e. The summed E-state index contributed by atoms with van der Waals surface area (Å²) in [6, 6.07) is 3.82. The molecule has 0 bridgehead atoms. The summed E-state index contributed by atoms with van der Waals surface area (Å²) in [5.41, 5.74) is 0.616. The van der Waals surface area contributed by atoms with Crippen molar-refractivity contribution in [1.82, 2.24) is 0 Å². The number of allylic oxidation sites excluding steroid dienone is 1. The van der Waals surface area contributed by atoms with Gasteiger partial charge in [0.1, 0.15) is 17.7 Å². The van der Waals surface area contributed by atoms with Crippen molar-refractivity contribution in [3.63, 3.8) is 0 Å². The van der Waals surface area contributed by atoms with E-state index in [0.29, 0.717) is 17.7 Å². The van der Waals surface area contributed by atoms with Gasteiger partial charge in [0.05, 0.1) is 23.7 Å². The Morgan fingerprint density at radius 3 is 3.05 bits per heavy atom. The fourth-order valence-electron chi connectivity index (χ4n) is 2.65. The molecule has 0 aromatic heterocycles. The Morgan fingerprint density at radius 2 is 2.30 bits per heavy atom. The predicted molar refractivity (Wildman–Crippen MR) is 68.0 cm³/mol. The third-order valence-corrected chi connectivity index (χ3v) is 3.57. The third kappa shape index (κ3) is 1.90. The van der Waals surface area contributed by atoms with E-state index in [1.54, 1.807) is 13.0 Å². The molecule has 4 nitrogen and oxygen atoms in total. The molecule has 1 aliphatic heterocycles. The topological polar surface area (TPSA) is 52.6 Å². The lowest BCUT2D eigenvalue weighted by atomic mass is 9.89. The second kappa shape index (κ2) is 4.74. The summed E-state index contributed by atoms with van der Waals surface area (Å²) in [5.74, 6) is -1.28. The number of rotatable bonds is 2. The molecule has 0 saturated heterocycles. The van der Waals surface area contributed by atoms with Crippen LogP contribution in [-0.2, 0) is 9.53 Å². The van der Waals surface area contributed by atoms with Crippen molar-refractivity contribution < 1.29 is 23.5 Å². The molecule has 0 spiro atoms. The highest BCUT2D eigenvalue weighted by atomic mass is 19.1. The van der Waals surface area contributed by atoms with Gasteiger partial charge in [0.2, 0.25) is 0 Å². The van der Waals surface area contributed by atoms with E-state index in [9.17, 15) is 14.0 Å². The Bertz CT molecular complexity index is 620. The van der Waals surface area contributed by atoms with E-state index in [4.69, 9.17) is 9.47 Å². The number of benzene rings is 1. The molecule has 0 N–H and O–H groups in total. The molecule has 2 atom stereocenters. The standard InChI is InChI=1S/C15H13FO4/c1-2-19-15(18)10-5-4-9-13(17)11-7-8(16)3-6-12(11)20-14(9)10/h3,5-7,9,14H,2,4H2,1H3/t9-,14-/m0/s1. The van der Waals surface area contributed by atoms with Crippen molar-refractivity contribution >= 4 is 11.8 Å². The molecule has 104 valence electrons. The van der Waals surface area contributed by atoms with Crippen molar-refractivity contribution in [2.75, 3.05) is 6.61 Å². The fourth-order valence-corrected chi connectivity index (χ4v) is 2.65. The normalized spacial score (nSPS) is 23.5. The van der Waals surface area contributed by atoms with Crippen LogP contribution in [0.2, 0.25) is 0 Å². The van der Waals surface area contributed by atoms with Crippen molar-refractivity contribution in [2.24, 2.45) is 5.92 Å². The van der Waals surface area contributed by atoms with Gasteiger partial charge in [-0.3, -0.25) is 4.79 Å². The average Bonchev–Trinajstić information content (AvgIpc) is 2.84. The van der Waals surface area contributed by atoms with Crippen LogP contribution in [0.1, 0.15) is 23.7 Å². The summed E-state index contributed by atoms with van der Waals surface area (Å²) in [7, 11) is 0. The maximum atomic E-state index is 13.2. The van der Waals surface area contributed by atoms with Gasteiger partial charge in [-0.2, -0.15) is 0 Å². The number of esters is 1. The summed E-state index contributed by atoms with van der Waals surface area (Å²) >= 11 is 0. The Morgan fingerprint density at radius 1 is 1.50 bits per heavy atom. The van der Waals surface area contributed by atoms with E-state index < -0.39 is 23.8 Å². The quantitative estimate of drug-likeness (QED) is 0.778. The molecule has 0 fully saturated rings. The molecule has 1 heterocycles. The molecule has 3 rings (SSSR count). The van der Waals surface area contributed by atoms with Crippen molar-refractivity contribution in [3.8, 4) is 5.75 Å². The average molecular weight is 276 g/mol. The first-order valence-electron chi connectivity index (χ1n) is 6.49. The van der Waals surface area contributed by atoms with Crippen LogP contribution in [0.4, 0.5) is 4.39 Å². The van der Waals surface area contributed by atoms with Crippen LogP contribution in [0, 0.1) is 11.7 Å². The molecule has 2 aliphatic rings. The summed E-state index contributed by atoms with van der Waals surface area (Å²) in [6.07, 6.45) is 1.46. The number of carbonyl (C=O) groups excluding carboxylic acids is 2. The second-order valence-electron chi connectivity index (χ2n) is 4.77. The van der Waals surface area contributed by atoms with Crippen LogP contribution in [0.15, 0.2) is 29.8 Å². The zero-order valence-corrected chi connectivity index (χ0v) is 10.9. The van der Waals surface area contributed by atoms with Gasteiger partial charge in [-0.05, 0) is 31.5 Å². The van der Waals surface area contributed by atoms with Crippen LogP contribution in [0.25, 0.3) is 0 Å². The molecular formula is C15H13FO4. The number of Topliss-reactive ketones (excluding diaryl/α,β-unsaturated/α-hetero) is 1. The SMILES string of the molecule is CCOC(=O)C1=CC[C@H]2C(=O)c3cc(F)ccc3O[C@H]12. The van der Waals surface area contributed by atoms with Crippen LogP contribution in [0.5, 0.6) is 5.75 Å². The van der Waals surface area contributed by atoms with Crippen molar-refractivity contribution in [2.45, 2.75) is 19.4 Å². The maximum Gasteiger partial charge on any atom is 0.337 e. The van der Waals surface area contributed by atoms with Crippen LogP contribution < -0.4 is 4.74 Å². The molecule has 1 aromatic rings. The number of carbonyl (C=O) groups is 2. The van der Waals surface area contributed by atoms with Gasteiger partial charge >= 0.3 is 5.97 Å². The maximum absolute atomic E-state index is 13.2. The largest absolute Gasteiger partial charge is 0.484 e. The molecule has 5 heteroatoms. The first kappa shape index (κ1) is 12.8. The zero-order chi connectivity index (χ0) is 14.3. The minimum Gasteiger partial charge on any atom is -0.484 e. The van der Waals surface area contributed by atoms with E-state index >= 15 is 0 Å². The zero-order valence-electron chi connectivity index (χ0n) is 10.9. The predicted octanol–water partition coefficient (Wildman–Crippen LogP) is 2.28. The van der Waals surface area contributed by atoms with E-state index in [-0.39, 0.29) is 18.0 Å². The minimum atomic E-state index is -0.625. The lowest BCUT2D eigenvalue weighted by Gasteiger charge is -2.29. The second-order valence-corrected chi connectivity index (χ2v) is 4.77. The highest BCUT2D eigenvalue weighted by Gasteiger charge is 2.44. The van der Waals surface area contributed by atoms with Gasteiger partial charge in [-0.1, -0.05) is 6.08 Å². The summed E-state index contributed by atoms with van der Waals surface area (Å²) < 4.78 is 23.9. The molecule has 20 heavy (non-hydrogen) atoms. The molecule has 0 amide bonds. The Labute approximate surface area is 115 Å². The van der Waals surface area contributed by atoms with Gasteiger partial charge in [0.25, 0.3) is 0 Å². The van der Waals surface area contributed by atoms with Gasteiger partial charge in [-0.25, -0.2) is 9.18 Å². The van der Waals surface area contributed by atoms with E-state index in [1.807, 2.05) is 0 Å². The molecule has 0 radical (unpaired) electrons. The number of halogens is 1. The van der Waals surface area contributed by atoms with Crippen LogP contribution in [-0.4, -0.2) is 24.5 Å². The van der Waals surface area contributed by atoms with Gasteiger partial charge in [0.15, 0.2) is 5.78 Å². The molecule has 0 unspecified atom stereocenters. The molecule has 1 aromatic carbocycles. The number of fused-ring (bicyclic) bond motifs is 2. The summed E-state index contributed by atoms with van der Waals surface area (Å²) in [6.45, 7) is 1.99. The number of ether oxygens (including phenoxy) is 2. The summed E-state index contributed by atoms with van der Waals surface area (Å²) in [4.78, 5) is 24.2. The lowest BCUT2D eigenvalue weighted by Crippen LogP contribution is -2.37. The lowest BCUT2D eigenvalue weighted by molar-refractivity contribution is -0.139. The first-order chi connectivity index (χ1) is 9.61. The Balaban J connectivity index is 1.93. The highest BCUT2D eigenvalue weighted by molar-refractivity contribution is 6.04. The minimum absolute atomic E-state index is 0.189. The van der Waals surface area contributed by atoms with Crippen molar-refractivity contribution in [1.29, 1.82) is 0 Å². The van der Waals surface area contributed by atoms with Gasteiger partial charge in [0, 0.05) is 0 Å². The monoisotopic (exact) mass is 276 g/mol. The molecule has 0 saturated carbocycles. The van der Waals surface area contributed by atoms with E-state index in [2.05, 4.69) is 0 Å². The fraction of sp³-hybridized carbons (Fsp3) is 0.333. The first-order valence-corrected chi connectivity index (χ1v) is 6.49. The Kier molecular flexibility index (Phi) is 3.04. The van der Waals surface area contributed by atoms with Gasteiger partial charge < -0.3 is 9.47 Å². The number of hydrogen-bond acceptors (Lipinski definition) is 4. The number of hydrogen-bond donors (Lipinski definition) is 0. The van der Waals surface area contributed by atoms with Crippen molar-refractivity contribution in [3.05, 3.63) is 41.2 Å². The van der Waals surface area contributed by atoms with E-state index in [0.717, 1.165) is 0 Å². The Hall–Kier alpha value is -2.17. The number of ketones is 1.